The monoisotopic (exact) mass is 347 g/mol. The largest absolute Gasteiger partial charge is 0.492 e. The van der Waals surface area contributed by atoms with Crippen molar-refractivity contribution in [1.82, 2.24) is 5.32 Å². The molecule has 0 bridgehead atoms. The van der Waals surface area contributed by atoms with Crippen LogP contribution in [-0.2, 0) is 9.47 Å². The normalized spacial score (nSPS) is 11.7. The lowest BCUT2D eigenvalue weighted by atomic mass is 10.4. The summed E-state index contributed by atoms with van der Waals surface area (Å²) in [5.74, 6) is 2.02. The van der Waals surface area contributed by atoms with Gasteiger partial charge in [0, 0.05) is 23.8 Å². The minimum absolute atomic E-state index is 0.638. The predicted molar refractivity (Wildman–Crippen MR) is 94.2 cm³/mol. The Morgan fingerprint density at radius 1 is 1.27 bits per heavy atom. The number of amidine groups is 1. The summed E-state index contributed by atoms with van der Waals surface area (Å²) in [4.78, 5) is 3.17. The van der Waals surface area contributed by atoms with Crippen molar-refractivity contribution in [1.29, 1.82) is 0 Å². The van der Waals surface area contributed by atoms with E-state index in [9.17, 15) is 0 Å². The van der Waals surface area contributed by atoms with E-state index in [0.29, 0.717) is 19.8 Å². The minimum atomic E-state index is 0.638. The highest BCUT2D eigenvalue weighted by molar-refractivity contribution is 8.13. The molecule has 1 aromatic rings. The van der Waals surface area contributed by atoms with Gasteiger partial charge in [-0.25, -0.2) is 0 Å². The molecule has 0 amide bonds. The molecule has 0 aliphatic rings. The zero-order valence-electron chi connectivity index (χ0n) is 13.6. The Morgan fingerprint density at radius 2 is 2.14 bits per heavy atom. The van der Waals surface area contributed by atoms with Crippen LogP contribution in [-0.4, -0.2) is 58.1 Å². The summed E-state index contributed by atoms with van der Waals surface area (Å²) in [5, 5.41) is 8.56. The van der Waals surface area contributed by atoms with Gasteiger partial charge >= 0.3 is 5.17 Å². The van der Waals surface area contributed by atoms with Gasteiger partial charge in [0.15, 0.2) is 0 Å². The van der Waals surface area contributed by atoms with Crippen LogP contribution in [0.3, 0.4) is 0 Å². The first kappa shape index (κ1) is 19.3. The maximum Gasteiger partial charge on any atom is 0.303 e. The Kier molecular flexibility index (Phi) is 11.2. The van der Waals surface area contributed by atoms with Gasteiger partial charge < -0.3 is 14.2 Å². The summed E-state index contributed by atoms with van der Waals surface area (Å²) in [6, 6.07) is 0. The van der Waals surface area contributed by atoms with Crippen LogP contribution in [0.1, 0.15) is 12.0 Å². The Balaban J connectivity index is 2.00. The van der Waals surface area contributed by atoms with E-state index < -0.39 is 0 Å². The molecule has 0 fully saturated rings. The molecule has 0 saturated carbocycles. The van der Waals surface area contributed by atoms with Crippen molar-refractivity contribution in [3.8, 4) is 5.75 Å². The van der Waals surface area contributed by atoms with E-state index >= 15 is 0 Å². The SMILES string of the molecule is C[NH+]=C(NCCOCCOC)SCCCOc1cscc1C. The Hall–Kier alpha value is -0.760. The summed E-state index contributed by atoms with van der Waals surface area (Å²) in [6.45, 7) is 5.57. The molecule has 0 radical (unpaired) electrons. The van der Waals surface area contributed by atoms with E-state index in [0.717, 1.165) is 36.2 Å². The second-order valence-electron chi connectivity index (χ2n) is 4.58. The van der Waals surface area contributed by atoms with Gasteiger partial charge in [-0.05, 0) is 30.5 Å². The maximum absolute atomic E-state index is 5.74. The summed E-state index contributed by atoms with van der Waals surface area (Å²) in [7, 11) is 3.60. The van der Waals surface area contributed by atoms with Crippen LogP contribution in [0.25, 0.3) is 0 Å². The lowest BCUT2D eigenvalue weighted by Gasteiger charge is -2.06. The van der Waals surface area contributed by atoms with Crippen LogP contribution in [0.5, 0.6) is 5.75 Å². The van der Waals surface area contributed by atoms with Crippen LogP contribution in [0, 0.1) is 6.92 Å². The Labute approximate surface area is 141 Å². The summed E-state index contributed by atoms with van der Waals surface area (Å²) >= 11 is 3.45. The average Bonchev–Trinajstić information content (AvgIpc) is 2.93. The molecule has 5 nitrogen and oxygen atoms in total. The molecular weight excluding hydrogens is 320 g/mol. The molecule has 0 unspecified atom stereocenters. The standard InChI is InChI=1S/C15H26N2O3S2/c1-13-11-21-12-14(13)20-6-4-10-22-15(16-2)17-5-7-19-9-8-18-3/h11-12H,4-10H2,1-3H3,(H,16,17)/p+1. The topological polar surface area (TPSA) is 53.7 Å². The van der Waals surface area contributed by atoms with Crippen molar-refractivity contribution in [2.24, 2.45) is 0 Å². The van der Waals surface area contributed by atoms with Crippen molar-refractivity contribution >= 4 is 28.3 Å². The lowest BCUT2D eigenvalue weighted by Crippen LogP contribution is -2.70. The number of thiophene rings is 1. The number of rotatable bonds is 11. The molecule has 0 spiro atoms. The van der Waals surface area contributed by atoms with E-state index in [1.54, 1.807) is 30.2 Å². The fourth-order valence-electron chi connectivity index (χ4n) is 1.60. The second kappa shape index (κ2) is 12.8. The summed E-state index contributed by atoms with van der Waals surface area (Å²) in [6.07, 6.45) is 1.01. The van der Waals surface area contributed by atoms with Gasteiger partial charge in [-0.15, -0.1) is 11.3 Å². The molecule has 0 aromatic carbocycles. The quantitative estimate of drug-likeness (QED) is 0.354. The number of nitrogens with one attached hydrogen (secondary N) is 2. The van der Waals surface area contributed by atoms with Crippen LogP contribution >= 0.6 is 23.1 Å². The minimum Gasteiger partial charge on any atom is -0.492 e. The fraction of sp³-hybridized carbons (Fsp3) is 0.667. The second-order valence-corrected chi connectivity index (χ2v) is 6.43. The molecule has 126 valence electrons. The molecule has 22 heavy (non-hydrogen) atoms. The molecule has 1 rings (SSSR count). The van der Waals surface area contributed by atoms with E-state index in [1.807, 2.05) is 7.05 Å². The number of methoxy groups -OCH3 is 1. The third-order valence-corrected chi connectivity index (χ3v) is 4.76. The van der Waals surface area contributed by atoms with Gasteiger partial charge in [0.25, 0.3) is 0 Å². The first-order chi connectivity index (χ1) is 10.8. The summed E-state index contributed by atoms with van der Waals surface area (Å²) in [5.41, 5.74) is 1.22. The highest BCUT2D eigenvalue weighted by Gasteiger charge is 2.06. The van der Waals surface area contributed by atoms with E-state index in [-0.39, 0.29) is 0 Å². The third-order valence-electron chi connectivity index (χ3n) is 2.79. The van der Waals surface area contributed by atoms with Gasteiger partial charge in [-0.1, -0.05) is 0 Å². The lowest BCUT2D eigenvalue weighted by molar-refractivity contribution is -0.418. The number of aryl methyl sites for hydroxylation is 1. The van der Waals surface area contributed by atoms with Gasteiger partial charge in [-0.3, -0.25) is 10.3 Å². The number of thioether (sulfide) groups is 1. The Morgan fingerprint density at radius 3 is 2.82 bits per heavy atom. The first-order valence-electron chi connectivity index (χ1n) is 7.41. The predicted octanol–water partition coefficient (Wildman–Crippen LogP) is 0.878. The molecule has 1 aromatic heterocycles. The molecule has 1 heterocycles. The molecule has 2 N–H and O–H groups in total. The molecule has 0 aliphatic heterocycles. The Bertz CT molecular complexity index is 425. The van der Waals surface area contributed by atoms with Crippen molar-refractivity contribution in [3.05, 3.63) is 16.3 Å². The highest BCUT2D eigenvalue weighted by Crippen LogP contribution is 2.22. The molecule has 0 aliphatic carbocycles. The number of hydrogen-bond donors (Lipinski definition) is 2. The van der Waals surface area contributed by atoms with E-state index in [4.69, 9.17) is 14.2 Å². The van der Waals surface area contributed by atoms with Gasteiger partial charge in [0.1, 0.15) is 12.3 Å². The smallest absolute Gasteiger partial charge is 0.303 e. The molecule has 7 heteroatoms. The van der Waals surface area contributed by atoms with Crippen LogP contribution in [0.15, 0.2) is 10.8 Å². The summed E-state index contributed by atoms with van der Waals surface area (Å²) < 4.78 is 16.1. The molecular formula is C15H27N2O3S2+. The van der Waals surface area contributed by atoms with Gasteiger partial charge in [0.2, 0.25) is 0 Å². The van der Waals surface area contributed by atoms with Crippen molar-refractivity contribution < 1.29 is 19.2 Å². The number of hydrogen-bond acceptors (Lipinski definition) is 5. The zero-order valence-corrected chi connectivity index (χ0v) is 15.3. The van der Waals surface area contributed by atoms with Crippen molar-refractivity contribution in [2.75, 3.05) is 52.9 Å². The van der Waals surface area contributed by atoms with Crippen LogP contribution in [0.4, 0.5) is 0 Å². The van der Waals surface area contributed by atoms with E-state index in [2.05, 4.69) is 28.0 Å². The van der Waals surface area contributed by atoms with Crippen LogP contribution < -0.4 is 15.0 Å². The van der Waals surface area contributed by atoms with E-state index in [1.165, 1.54) is 5.56 Å². The third kappa shape index (κ3) is 8.63. The number of ether oxygens (including phenoxy) is 3. The average molecular weight is 348 g/mol. The van der Waals surface area contributed by atoms with Gasteiger partial charge in [0.05, 0.1) is 33.5 Å². The highest BCUT2D eigenvalue weighted by atomic mass is 32.2. The van der Waals surface area contributed by atoms with Gasteiger partial charge in [-0.2, -0.15) is 0 Å². The fourth-order valence-corrected chi connectivity index (χ4v) is 3.19. The van der Waals surface area contributed by atoms with Crippen LogP contribution in [0.2, 0.25) is 0 Å². The first-order valence-corrected chi connectivity index (χ1v) is 9.34. The molecule has 0 atom stereocenters. The zero-order chi connectivity index (χ0) is 16.0. The van der Waals surface area contributed by atoms with Crippen molar-refractivity contribution in [2.45, 2.75) is 13.3 Å². The maximum atomic E-state index is 5.74. The van der Waals surface area contributed by atoms with Crippen molar-refractivity contribution in [3.63, 3.8) is 0 Å². The molecule has 0 saturated heterocycles.